The molecule has 108 valence electrons. The van der Waals surface area contributed by atoms with Crippen LogP contribution < -0.4 is 5.73 Å². The third-order valence-corrected chi connectivity index (χ3v) is 3.21. The van der Waals surface area contributed by atoms with Crippen LogP contribution in [-0.2, 0) is 18.5 Å². The molecule has 2 aromatic rings. The van der Waals surface area contributed by atoms with Gasteiger partial charge in [-0.25, -0.2) is 4.98 Å². The molecule has 0 unspecified atom stereocenters. The van der Waals surface area contributed by atoms with Crippen LogP contribution in [0, 0.1) is 0 Å². The van der Waals surface area contributed by atoms with Crippen molar-refractivity contribution in [3.63, 3.8) is 0 Å². The lowest BCUT2D eigenvalue weighted by Gasteiger charge is -2.16. The molecule has 0 atom stereocenters. The third-order valence-electron chi connectivity index (χ3n) is 3.21. The lowest BCUT2D eigenvalue weighted by molar-refractivity contribution is 0.315. The molecule has 2 rings (SSSR count). The lowest BCUT2D eigenvalue weighted by Crippen LogP contribution is -2.18. The monoisotopic (exact) mass is 273 g/mol. The maximum atomic E-state index is 5.87. The van der Waals surface area contributed by atoms with Gasteiger partial charge in [0.05, 0.1) is 5.69 Å². The molecule has 0 aliphatic carbocycles. The molecular weight excluding hydrogens is 250 g/mol. The number of anilines is 1. The van der Waals surface area contributed by atoms with E-state index in [1.54, 1.807) is 6.20 Å². The molecule has 2 aromatic heterocycles. The normalized spacial score (nSPS) is 12.1. The van der Waals surface area contributed by atoms with Gasteiger partial charge in [0.2, 0.25) is 0 Å². The molecule has 5 heteroatoms. The molecule has 0 aromatic carbocycles. The number of nitrogens with one attached hydrogen (secondary N) is 1. The molecule has 0 saturated carbocycles. The van der Waals surface area contributed by atoms with E-state index < -0.39 is 0 Å². The van der Waals surface area contributed by atoms with Crippen molar-refractivity contribution < 1.29 is 0 Å². The first-order valence-electron chi connectivity index (χ1n) is 6.79. The predicted molar refractivity (Wildman–Crippen MR) is 81.1 cm³/mol. The molecule has 0 saturated heterocycles. The van der Waals surface area contributed by atoms with Crippen molar-refractivity contribution in [2.24, 2.45) is 0 Å². The van der Waals surface area contributed by atoms with Crippen LogP contribution in [0.2, 0.25) is 0 Å². The summed E-state index contributed by atoms with van der Waals surface area (Å²) < 4.78 is 0. The Hall–Kier alpha value is -1.88. The van der Waals surface area contributed by atoms with E-state index in [0.717, 1.165) is 30.0 Å². The molecule has 20 heavy (non-hydrogen) atoms. The van der Waals surface area contributed by atoms with Gasteiger partial charge in [-0.1, -0.05) is 26.8 Å². The summed E-state index contributed by atoms with van der Waals surface area (Å²) in [6.45, 7) is 8.05. The molecule has 2 heterocycles. The van der Waals surface area contributed by atoms with E-state index in [-0.39, 0.29) is 5.41 Å². The number of nitrogens with zero attached hydrogens (tertiary/aromatic N) is 3. The summed E-state index contributed by atoms with van der Waals surface area (Å²) in [6.07, 6.45) is 1.71. The van der Waals surface area contributed by atoms with E-state index in [2.05, 4.69) is 54.0 Å². The van der Waals surface area contributed by atoms with Crippen molar-refractivity contribution in [3.05, 3.63) is 41.3 Å². The third kappa shape index (κ3) is 3.57. The minimum absolute atomic E-state index is 0.0705. The maximum Gasteiger partial charge on any atom is 0.127 e. The highest BCUT2D eigenvalue weighted by Crippen LogP contribution is 2.21. The SMILES string of the molecule is CN(Cc1cc(C(C)(C)C)n[nH]1)Cc1cccnc1N. The van der Waals surface area contributed by atoms with Crippen LogP contribution in [0.15, 0.2) is 24.4 Å². The number of nitrogen functional groups attached to an aromatic ring is 1. The van der Waals surface area contributed by atoms with Gasteiger partial charge in [-0.2, -0.15) is 5.10 Å². The van der Waals surface area contributed by atoms with Gasteiger partial charge in [-0.15, -0.1) is 0 Å². The van der Waals surface area contributed by atoms with Gasteiger partial charge < -0.3 is 5.73 Å². The van der Waals surface area contributed by atoms with Crippen LogP contribution in [0.1, 0.15) is 37.7 Å². The van der Waals surface area contributed by atoms with E-state index in [4.69, 9.17) is 5.73 Å². The molecule has 0 aliphatic rings. The van der Waals surface area contributed by atoms with Crippen molar-refractivity contribution in [1.29, 1.82) is 0 Å². The molecule has 0 amide bonds. The van der Waals surface area contributed by atoms with Gasteiger partial charge >= 0.3 is 0 Å². The van der Waals surface area contributed by atoms with Crippen molar-refractivity contribution in [1.82, 2.24) is 20.1 Å². The molecular formula is C15H23N5. The average molecular weight is 273 g/mol. The summed E-state index contributed by atoms with van der Waals surface area (Å²) in [5, 5.41) is 7.48. The van der Waals surface area contributed by atoms with Crippen molar-refractivity contribution >= 4 is 5.82 Å². The van der Waals surface area contributed by atoms with Gasteiger partial charge in [0.1, 0.15) is 5.82 Å². The summed E-state index contributed by atoms with van der Waals surface area (Å²) in [5.74, 6) is 0.597. The van der Waals surface area contributed by atoms with E-state index in [1.807, 2.05) is 12.1 Å². The molecule has 0 fully saturated rings. The largest absolute Gasteiger partial charge is 0.383 e. The zero-order valence-electron chi connectivity index (χ0n) is 12.6. The first kappa shape index (κ1) is 14.5. The fraction of sp³-hybridized carbons (Fsp3) is 0.467. The van der Waals surface area contributed by atoms with E-state index in [0.29, 0.717) is 5.82 Å². The van der Waals surface area contributed by atoms with Crippen LogP contribution in [0.25, 0.3) is 0 Å². The smallest absolute Gasteiger partial charge is 0.127 e. The number of aromatic amines is 1. The Morgan fingerprint density at radius 1 is 1.30 bits per heavy atom. The number of H-pyrrole nitrogens is 1. The maximum absolute atomic E-state index is 5.87. The van der Waals surface area contributed by atoms with Gasteiger partial charge in [-0.3, -0.25) is 10.00 Å². The number of nitrogens with two attached hydrogens (primary N) is 1. The van der Waals surface area contributed by atoms with Crippen LogP contribution in [0.4, 0.5) is 5.82 Å². The first-order chi connectivity index (χ1) is 9.36. The van der Waals surface area contributed by atoms with Crippen LogP contribution in [0.3, 0.4) is 0 Å². The second-order valence-electron chi connectivity index (χ2n) is 6.25. The van der Waals surface area contributed by atoms with E-state index >= 15 is 0 Å². The summed E-state index contributed by atoms with van der Waals surface area (Å²) in [4.78, 5) is 6.29. The molecule has 0 spiro atoms. The van der Waals surface area contributed by atoms with Crippen molar-refractivity contribution in [2.45, 2.75) is 39.3 Å². The fourth-order valence-corrected chi connectivity index (χ4v) is 2.05. The highest BCUT2D eigenvalue weighted by atomic mass is 15.2. The zero-order chi connectivity index (χ0) is 14.8. The van der Waals surface area contributed by atoms with E-state index in [1.165, 1.54) is 0 Å². The van der Waals surface area contributed by atoms with Crippen LogP contribution in [-0.4, -0.2) is 27.1 Å². The Morgan fingerprint density at radius 3 is 2.65 bits per heavy atom. The second-order valence-corrected chi connectivity index (χ2v) is 6.25. The molecule has 0 aliphatic heterocycles. The Kier molecular flexibility index (Phi) is 4.09. The van der Waals surface area contributed by atoms with Crippen LogP contribution in [0.5, 0.6) is 0 Å². The van der Waals surface area contributed by atoms with Gasteiger partial charge in [0.15, 0.2) is 0 Å². The standard InChI is InChI=1S/C15H23N5/c1-15(2,3)13-8-12(18-19-13)10-20(4)9-11-6-5-7-17-14(11)16/h5-8H,9-10H2,1-4H3,(H2,16,17)(H,18,19). The summed E-state index contributed by atoms with van der Waals surface area (Å²) in [6, 6.07) is 6.04. The summed E-state index contributed by atoms with van der Waals surface area (Å²) in [7, 11) is 2.06. The quantitative estimate of drug-likeness (QED) is 0.897. The number of aromatic nitrogens is 3. The molecule has 0 bridgehead atoms. The minimum Gasteiger partial charge on any atom is -0.383 e. The Morgan fingerprint density at radius 2 is 2.05 bits per heavy atom. The Labute approximate surface area is 120 Å². The highest BCUT2D eigenvalue weighted by Gasteiger charge is 2.17. The lowest BCUT2D eigenvalue weighted by atomic mass is 9.92. The van der Waals surface area contributed by atoms with Gasteiger partial charge in [-0.05, 0) is 19.2 Å². The number of rotatable bonds is 4. The number of pyridine rings is 1. The predicted octanol–water partition coefficient (Wildman–Crippen LogP) is 2.32. The Bertz CT molecular complexity index is 568. The van der Waals surface area contributed by atoms with E-state index in [9.17, 15) is 0 Å². The van der Waals surface area contributed by atoms with Gasteiger partial charge in [0, 0.05) is 36.0 Å². The van der Waals surface area contributed by atoms with Crippen molar-refractivity contribution in [3.8, 4) is 0 Å². The topological polar surface area (TPSA) is 70.8 Å². The Balaban J connectivity index is 2.00. The summed E-state index contributed by atoms with van der Waals surface area (Å²) >= 11 is 0. The van der Waals surface area contributed by atoms with Gasteiger partial charge in [0.25, 0.3) is 0 Å². The second kappa shape index (κ2) is 5.63. The fourth-order valence-electron chi connectivity index (χ4n) is 2.05. The molecule has 3 N–H and O–H groups in total. The summed E-state index contributed by atoms with van der Waals surface area (Å²) in [5.41, 5.74) is 9.18. The van der Waals surface area contributed by atoms with Crippen molar-refractivity contribution in [2.75, 3.05) is 12.8 Å². The minimum atomic E-state index is 0.0705. The number of hydrogen-bond donors (Lipinski definition) is 2. The zero-order valence-corrected chi connectivity index (χ0v) is 12.6. The molecule has 0 radical (unpaired) electrons. The van der Waals surface area contributed by atoms with Crippen LogP contribution >= 0.6 is 0 Å². The first-order valence-corrected chi connectivity index (χ1v) is 6.79. The average Bonchev–Trinajstić information content (AvgIpc) is 2.80. The molecule has 5 nitrogen and oxygen atoms in total. The highest BCUT2D eigenvalue weighted by molar-refractivity contribution is 5.38. The number of hydrogen-bond acceptors (Lipinski definition) is 4.